The first-order chi connectivity index (χ1) is 8.80. The molecule has 0 bridgehead atoms. The summed E-state index contributed by atoms with van der Waals surface area (Å²) in [6, 6.07) is 0. The van der Waals surface area contributed by atoms with Crippen molar-refractivity contribution in [3.8, 4) is 0 Å². The molecule has 2 aliphatic rings. The van der Waals surface area contributed by atoms with Gasteiger partial charge in [0.05, 0.1) is 11.2 Å². The van der Waals surface area contributed by atoms with Gasteiger partial charge in [-0.3, -0.25) is 4.68 Å². The molecular formula is C14H23BN2O2. The summed E-state index contributed by atoms with van der Waals surface area (Å²) in [7, 11) is -0.294. The van der Waals surface area contributed by atoms with Crippen LogP contribution in [0, 0.1) is 12.8 Å². The normalized spacial score (nSPS) is 25.0. The molecule has 4 nitrogen and oxygen atoms in total. The zero-order valence-corrected chi connectivity index (χ0v) is 12.6. The topological polar surface area (TPSA) is 36.3 Å². The van der Waals surface area contributed by atoms with Gasteiger partial charge in [0, 0.05) is 23.9 Å². The van der Waals surface area contributed by atoms with Crippen LogP contribution in [0.4, 0.5) is 0 Å². The molecule has 0 N–H and O–H groups in total. The lowest BCUT2D eigenvalue weighted by atomic mass is 9.79. The molecule has 0 atom stereocenters. The molecule has 0 spiro atoms. The van der Waals surface area contributed by atoms with Crippen molar-refractivity contribution in [2.45, 2.75) is 65.2 Å². The molecule has 2 fully saturated rings. The number of hydrogen-bond donors (Lipinski definition) is 0. The Kier molecular flexibility index (Phi) is 2.84. The van der Waals surface area contributed by atoms with Gasteiger partial charge in [-0.2, -0.15) is 5.10 Å². The highest BCUT2D eigenvalue weighted by Gasteiger charge is 2.52. The van der Waals surface area contributed by atoms with Crippen LogP contribution in [0.2, 0.25) is 0 Å². The smallest absolute Gasteiger partial charge is 0.399 e. The minimum Gasteiger partial charge on any atom is -0.399 e. The third kappa shape index (κ3) is 2.23. The van der Waals surface area contributed by atoms with Gasteiger partial charge in [-0.25, -0.2) is 0 Å². The molecule has 3 rings (SSSR count). The van der Waals surface area contributed by atoms with Crippen LogP contribution in [0.5, 0.6) is 0 Å². The molecule has 1 saturated carbocycles. The number of rotatable bonds is 3. The van der Waals surface area contributed by atoms with E-state index in [-0.39, 0.29) is 18.3 Å². The molecule has 104 valence electrons. The predicted molar refractivity (Wildman–Crippen MR) is 75.4 cm³/mol. The Balaban J connectivity index is 1.81. The van der Waals surface area contributed by atoms with Crippen LogP contribution in [0.1, 0.15) is 46.2 Å². The number of aromatic nitrogens is 2. The summed E-state index contributed by atoms with van der Waals surface area (Å²) >= 11 is 0. The molecule has 1 saturated heterocycles. The summed E-state index contributed by atoms with van der Waals surface area (Å²) in [6.45, 7) is 11.5. The van der Waals surface area contributed by atoms with Crippen LogP contribution >= 0.6 is 0 Å². The predicted octanol–water partition coefficient (Wildman–Crippen LogP) is 1.90. The van der Waals surface area contributed by atoms with Gasteiger partial charge in [0.1, 0.15) is 0 Å². The van der Waals surface area contributed by atoms with Crippen molar-refractivity contribution in [2.75, 3.05) is 0 Å². The summed E-state index contributed by atoms with van der Waals surface area (Å²) in [5, 5.41) is 4.49. The van der Waals surface area contributed by atoms with E-state index < -0.39 is 0 Å². The van der Waals surface area contributed by atoms with Crippen molar-refractivity contribution >= 4 is 12.6 Å². The van der Waals surface area contributed by atoms with E-state index in [1.165, 1.54) is 18.5 Å². The molecule has 2 heterocycles. The van der Waals surface area contributed by atoms with Crippen LogP contribution in [0.3, 0.4) is 0 Å². The largest absolute Gasteiger partial charge is 0.498 e. The van der Waals surface area contributed by atoms with Gasteiger partial charge >= 0.3 is 7.12 Å². The maximum absolute atomic E-state index is 6.09. The minimum atomic E-state index is -0.294. The molecule has 1 aromatic heterocycles. The van der Waals surface area contributed by atoms with Crippen molar-refractivity contribution in [3.05, 3.63) is 11.9 Å². The maximum Gasteiger partial charge on any atom is 0.498 e. The molecule has 1 aliphatic carbocycles. The Bertz CT molecular complexity index is 476. The van der Waals surface area contributed by atoms with Gasteiger partial charge in [0.25, 0.3) is 0 Å². The molecule has 1 aromatic rings. The highest BCUT2D eigenvalue weighted by atomic mass is 16.7. The van der Waals surface area contributed by atoms with E-state index in [0.29, 0.717) is 0 Å². The SMILES string of the molecule is Cc1c(B2OC(C)(C)C(C)(C)O2)cnn1CC1CC1. The zero-order valence-electron chi connectivity index (χ0n) is 12.6. The van der Waals surface area contributed by atoms with Crippen LogP contribution in [-0.2, 0) is 15.9 Å². The Morgan fingerprint density at radius 2 is 1.84 bits per heavy atom. The highest BCUT2D eigenvalue weighted by Crippen LogP contribution is 2.36. The third-order valence-corrected chi connectivity index (χ3v) is 4.78. The first-order valence-corrected chi connectivity index (χ1v) is 7.18. The lowest BCUT2D eigenvalue weighted by Gasteiger charge is -2.32. The first kappa shape index (κ1) is 13.2. The van der Waals surface area contributed by atoms with E-state index in [9.17, 15) is 0 Å². The van der Waals surface area contributed by atoms with Crippen molar-refractivity contribution in [2.24, 2.45) is 5.92 Å². The molecule has 0 amide bonds. The first-order valence-electron chi connectivity index (χ1n) is 7.18. The average Bonchev–Trinajstić information content (AvgIpc) is 2.97. The van der Waals surface area contributed by atoms with Crippen molar-refractivity contribution < 1.29 is 9.31 Å². The molecule has 0 radical (unpaired) electrons. The monoisotopic (exact) mass is 262 g/mol. The number of nitrogens with zero attached hydrogens (tertiary/aromatic N) is 2. The quantitative estimate of drug-likeness (QED) is 0.780. The Morgan fingerprint density at radius 1 is 1.26 bits per heavy atom. The van der Waals surface area contributed by atoms with Gasteiger partial charge in [0.2, 0.25) is 0 Å². The second-order valence-corrected chi connectivity index (χ2v) is 6.90. The molecule has 5 heteroatoms. The van der Waals surface area contributed by atoms with Crippen molar-refractivity contribution in [1.29, 1.82) is 0 Å². The number of hydrogen-bond acceptors (Lipinski definition) is 3. The van der Waals surface area contributed by atoms with Gasteiger partial charge < -0.3 is 9.31 Å². The summed E-state index contributed by atoms with van der Waals surface area (Å²) in [4.78, 5) is 0. The molecule has 0 unspecified atom stereocenters. The Morgan fingerprint density at radius 3 is 2.37 bits per heavy atom. The fourth-order valence-electron chi connectivity index (χ4n) is 2.39. The lowest BCUT2D eigenvalue weighted by molar-refractivity contribution is 0.00578. The maximum atomic E-state index is 6.09. The average molecular weight is 262 g/mol. The van der Waals surface area contributed by atoms with Crippen molar-refractivity contribution in [3.63, 3.8) is 0 Å². The Hall–Kier alpha value is -0.805. The second kappa shape index (κ2) is 4.09. The third-order valence-electron chi connectivity index (χ3n) is 4.78. The summed E-state index contributed by atoms with van der Waals surface area (Å²) in [5.41, 5.74) is 1.66. The second-order valence-electron chi connectivity index (χ2n) is 6.90. The van der Waals surface area contributed by atoms with E-state index >= 15 is 0 Å². The van der Waals surface area contributed by atoms with Crippen LogP contribution in [0.25, 0.3) is 0 Å². The van der Waals surface area contributed by atoms with Gasteiger partial charge in [0.15, 0.2) is 0 Å². The van der Waals surface area contributed by atoms with E-state index in [0.717, 1.165) is 17.9 Å². The molecular weight excluding hydrogens is 239 g/mol. The molecule has 0 aromatic carbocycles. The standard InChI is InChI=1S/C14H23BN2O2/c1-10-12(8-16-17(10)9-11-6-7-11)15-18-13(2,3)14(4,5)19-15/h8,11H,6-7,9H2,1-5H3. The van der Waals surface area contributed by atoms with E-state index in [1.54, 1.807) is 0 Å². The molecule has 19 heavy (non-hydrogen) atoms. The van der Waals surface area contributed by atoms with Crippen LogP contribution in [-0.4, -0.2) is 28.1 Å². The van der Waals surface area contributed by atoms with Gasteiger partial charge in [-0.05, 0) is 53.4 Å². The van der Waals surface area contributed by atoms with E-state index in [2.05, 4.69) is 44.4 Å². The van der Waals surface area contributed by atoms with Crippen LogP contribution in [0.15, 0.2) is 6.20 Å². The summed E-state index contributed by atoms with van der Waals surface area (Å²) < 4.78 is 14.3. The fourth-order valence-corrected chi connectivity index (χ4v) is 2.39. The van der Waals surface area contributed by atoms with Crippen molar-refractivity contribution in [1.82, 2.24) is 9.78 Å². The van der Waals surface area contributed by atoms with E-state index in [1.807, 2.05) is 6.20 Å². The minimum absolute atomic E-state index is 0.289. The van der Waals surface area contributed by atoms with Gasteiger partial charge in [-0.1, -0.05) is 0 Å². The zero-order chi connectivity index (χ0) is 13.8. The summed E-state index contributed by atoms with van der Waals surface area (Å²) in [5.74, 6) is 0.824. The van der Waals surface area contributed by atoms with E-state index in [4.69, 9.17) is 9.31 Å². The fraction of sp³-hybridized carbons (Fsp3) is 0.786. The highest BCUT2D eigenvalue weighted by molar-refractivity contribution is 6.62. The lowest BCUT2D eigenvalue weighted by Crippen LogP contribution is -2.41. The Labute approximate surface area is 115 Å². The van der Waals surface area contributed by atoms with Gasteiger partial charge in [-0.15, -0.1) is 0 Å². The molecule has 1 aliphatic heterocycles. The summed E-state index contributed by atoms with van der Waals surface area (Å²) in [6.07, 6.45) is 4.58. The van der Waals surface area contributed by atoms with Crippen LogP contribution < -0.4 is 5.46 Å².